The molecule has 0 aromatic heterocycles. The molecule has 2 aliphatic carbocycles. The van der Waals surface area contributed by atoms with Crippen LogP contribution in [0.5, 0.6) is 11.5 Å². The highest BCUT2D eigenvalue weighted by Crippen LogP contribution is 2.64. The number of rotatable bonds is 15. The molecule has 0 unspecified atom stereocenters. The summed E-state index contributed by atoms with van der Waals surface area (Å²) in [6.45, 7) is 4.95. The zero-order chi connectivity index (χ0) is 35.5. The number of hydrogen-bond donors (Lipinski definition) is 0. The van der Waals surface area contributed by atoms with Crippen LogP contribution in [0, 0.1) is 5.92 Å². The number of likely N-dealkylation sites (tertiary alicyclic amines) is 1. The van der Waals surface area contributed by atoms with E-state index in [4.69, 9.17) is 9.47 Å². The molecule has 1 saturated carbocycles. The quantitative estimate of drug-likeness (QED) is 0.0741. The van der Waals surface area contributed by atoms with E-state index in [9.17, 15) is 19.2 Å². The Morgan fingerprint density at radius 3 is 2.37 bits per heavy atom. The summed E-state index contributed by atoms with van der Waals surface area (Å²) in [4.78, 5) is 56.2. The molecule has 268 valence electrons. The zero-order valence-electron chi connectivity index (χ0n) is 30.0. The Kier molecular flexibility index (Phi) is 10.4. The second kappa shape index (κ2) is 15.1. The number of Topliss-reactive ketones (excluding diaryl/α,β-unsaturated/α-hetero) is 2. The van der Waals surface area contributed by atoms with Crippen LogP contribution in [-0.2, 0) is 32.6 Å². The number of unbranched alkanes of at least 4 members (excludes halogenated alkanes) is 2. The van der Waals surface area contributed by atoms with E-state index in [1.807, 2.05) is 42.5 Å². The van der Waals surface area contributed by atoms with Crippen molar-refractivity contribution in [1.82, 2.24) is 9.80 Å². The van der Waals surface area contributed by atoms with Gasteiger partial charge in [-0.25, -0.2) is 0 Å². The summed E-state index contributed by atoms with van der Waals surface area (Å²) in [5, 5.41) is 0. The lowest BCUT2D eigenvalue weighted by atomic mass is 9.51. The average molecular weight is 691 g/mol. The van der Waals surface area contributed by atoms with Crippen LogP contribution >= 0.6 is 0 Å². The summed E-state index contributed by atoms with van der Waals surface area (Å²) in [7, 11) is 0. The van der Waals surface area contributed by atoms with Gasteiger partial charge in [0.1, 0.15) is 11.9 Å². The Hall–Kier alpha value is -4.30. The van der Waals surface area contributed by atoms with Crippen molar-refractivity contribution in [2.24, 2.45) is 5.92 Å². The summed E-state index contributed by atoms with van der Waals surface area (Å²) in [6.07, 6.45) is 8.01. The van der Waals surface area contributed by atoms with Crippen LogP contribution in [0.2, 0.25) is 0 Å². The third kappa shape index (κ3) is 6.99. The summed E-state index contributed by atoms with van der Waals surface area (Å²) < 4.78 is 12.8. The summed E-state index contributed by atoms with van der Waals surface area (Å²) >= 11 is 0. The highest BCUT2D eigenvalue weighted by Gasteiger charge is 2.66. The van der Waals surface area contributed by atoms with Gasteiger partial charge in [0.2, 0.25) is 5.91 Å². The second-order valence-electron chi connectivity index (χ2n) is 15.1. The first-order chi connectivity index (χ1) is 24.8. The van der Waals surface area contributed by atoms with Gasteiger partial charge in [0, 0.05) is 48.9 Å². The maximum absolute atomic E-state index is 14.4. The van der Waals surface area contributed by atoms with E-state index in [-0.39, 0.29) is 53.0 Å². The molecule has 2 fully saturated rings. The van der Waals surface area contributed by atoms with Gasteiger partial charge < -0.3 is 14.4 Å². The monoisotopic (exact) mass is 690 g/mol. The van der Waals surface area contributed by atoms with Crippen molar-refractivity contribution in [2.75, 3.05) is 19.6 Å². The number of ether oxygens (including phenoxy) is 2. The van der Waals surface area contributed by atoms with Crippen LogP contribution in [0.15, 0.2) is 72.8 Å². The molecular weight excluding hydrogens is 640 g/mol. The van der Waals surface area contributed by atoms with Crippen LogP contribution in [0.25, 0.3) is 0 Å². The number of nitrogens with zero attached hydrogens (tertiary/aromatic N) is 2. The van der Waals surface area contributed by atoms with Gasteiger partial charge in [0.25, 0.3) is 0 Å². The fraction of sp³-hybridized carbons (Fsp3) is 0.488. The van der Waals surface area contributed by atoms with Crippen LogP contribution in [0.1, 0.15) is 98.7 Å². The lowest BCUT2D eigenvalue weighted by Gasteiger charge is -2.60. The Labute approximate surface area is 301 Å². The van der Waals surface area contributed by atoms with E-state index < -0.39 is 0 Å². The van der Waals surface area contributed by atoms with Gasteiger partial charge in [0.15, 0.2) is 17.3 Å². The van der Waals surface area contributed by atoms with Gasteiger partial charge in [-0.05, 0) is 94.4 Å². The number of ketones is 2. The molecule has 8 heteroatoms. The van der Waals surface area contributed by atoms with Crippen molar-refractivity contribution >= 4 is 23.4 Å². The number of aryl methyl sites for hydroxylation is 1. The number of carbonyl (C=O) groups is 4. The standard InChI is InChI=1S/C43H50N2O6/c1-29(46)28-44-26-24-43-34-21-22-35(42(43)51-41-38(50-30(2)47)23-20-33(40(41)43)27-36(34)44)45(25-12-11-15-31-13-5-3-6-14-31)39(49)19-10-9-18-37(48)32-16-7-4-8-17-32/h3-8,13-14,16-17,20,23,34-36,42H,9-12,15,18-19,21-22,24-28H2,1-2H3/t34-,35-,36+,42-,43-/m0/s1. The third-order valence-corrected chi connectivity index (χ3v) is 11.9. The highest BCUT2D eigenvalue weighted by atomic mass is 16.6. The molecule has 0 N–H and O–H groups in total. The topological polar surface area (TPSA) is 93.2 Å². The van der Waals surface area contributed by atoms with Gasteiger partial charge in [-0.2, -0.15) is 0 Å². The van der Waals surface area contributed by atoms with Crippen LogP contribution < -0.4 is 9.47 Å². The summed E-state index contributed by atoms with van der Waals surface area (Å²) in [5.74, 6) is 1.40. The van der Waals surface area contributed by atoms with E-state index in [1.165, 1.54) is 18.1 Å². The molecule has 2 bridgehead atoms. The summed E-state index contributed by atoms with van der Waals surface area (Å²) in [6, 6.07) is 23.8. The number of carbonyl (C=O) groups excluding carboxylic acids is 4. The minimum absolute atomic E-state index is 0.109. The van der Waals surface area contributed by atoms with Gasteiger partial charge in [-0.3, -0.25) is 24.1 Å². The molecule has 1 amide bonds. The molecule has 2 aliphatic heterocycles. The number of amides is 1. The van der Waals surface area contributed by atoms with Crippen molar-refractivity contribution in [3.8, 4) is 11.5 Å². The lowest BCUT2D eigenvalue weighted by molar-refractivity contribution is -0.143. The van der Waals surface area contributed by atoms with Crippen LogP contribution in [0.4, 0.5) is 0 Å². The molecule has 3 aromatic carbocycles. The first-order valence-corrected chi connectivity index (χ1v) is 18.9. The second-order valence-corrected chi connectivity index (χ2v) is 15.1. The van der Waals surface area contributed by atoms with Crippen molar-refractivity contribution in [3.05, 3.63) is 95.1 Å². The van der Waals surface area contributed by atoms with Crippen molar-refractivity contribution < 1.29 is 28.7 Å². The Morgan fingerprint density at radius 1 is 0.882 bits per heavy atom. The predicted molar refractivity (Wildman–Crippen MR) is 195 cm³/mol. The van der Waals surface area contributed by atoms with Crippen LogP contribution in [0.3, 0.4) is 0 Å². The van der Waals surface area contributed by atoms with E-state index >= 15 is 0 Å². The predicted octanol–water partition coefficient (Wildman–Crippen LogP) is 6.90. The molecule has 8 nitrogen and oxygen atoms in total. The molecule has 1 saturated heterocycles. The van der Waals surface area contributed by atoms with E-state index in [0.717, 1.165) is 57.1 Å². The molecule has 2 heterocycles. The smallest absolute Gasteiger partial charge is 0.308 e. The maximum atomic E-state index is 14.4. The normalized spacial score (nSPS) is 24.3. The molecule has 51 heavy (non-hydrogen) atoms. The fourth-order valence-corrected chi connectivity index (χ4v) is 9.83. The Balaban J connectivity index is 1.15. The Morgan fingerprint density at radius 2 is 1.63 bits per heavy atom. The fourth-order valence-electron chi connectivity index (χ4n) is 9.83. The van der Waals surface area contributed by atoms with E-state index in [0.29, 0.717) is 55.8 Å². The van der Waals surface area contributed by atoms with Crippen molar-refractivity contribution in [3.63, 3.8) is 0 Å². The van der Waals surface area contributed by atoms with Gasteiger partial charge in [-0.1, -0.05) is 66.7 Å². The highest BCUT2D eigenvalue weighted by molar-refractivity contribution is 5.96. The minimum Gasteiger partial charge on any atom is -0.483 e. The van der Waals surface area contributed by atoms with Crippen molar-refractivity contribution in [2.45, 2.75) is 108 Å². The first kappa shape index (κ1) is 35.1. The largest absolute Gasteiger partial charge is 0.483 e. The molecule has 4 aliphatic rings. The first-order valence-electron chi connectivity index (χ1n) is 18.9. The molecule has 3 aromatic rings. The van der Waals surface area contributed by atoms with Crippen molar-refractivity contribution in [1.29, 1.82) is 0 Å². The molecule has 5 atom stereocenters. The molecule has 0 radical (unpaired) electrons. The lowest BCUT2D eigenvalue weighted by Crippen LogP contribution is -2.69. The summed E-state index contributed by atoms with van der Waals surface area (Å²) in [5.41, 5.74) is 4.04. The minimum atomic E-state index is -0.388. The third-order valence-electron chi connectivity index (χ3n) is 11.9. The number of piperidine rings is 1. The SMILES string of the molecule is CC(=O)CN1CC[C@]23c4c5ccc(OC(C)=O)c4O[C@H]2[C@@H](N(CCCCc2ccccc2)C(=O)CCCCC(=O)c2ccccc2)CC[C@H]3[C@H]1C5. The maximum Gasteiger partial charge on any atom is 0.308 e. The van der Waals surface area contributed by atoms with E-state index in [2.05, 4.69) is 40.1 Å². The zero-order valence-corrected chi connectivity index (χ0v) is 30.0. The van der Waals surface area contributed by atoms with Gasteiger partial charge in [0.05, 0.1) is 12.6 Å². The number of benzene rings is 3. The van der Waals surface area contributed by atoms with Crippen LogP contribution in [-0.4, -0.2) is 71.1 Å². The van der Waals surface area contributed by atoms with E-state index in [1.54, 1.807) is 6.92 Å². The number of esters is 1. The van der Waals surface area contributed by atoms with Gasteiger partial charge >= 0.3 is 5.97 Å². The molecule has 1 spiro atoms. The number of hydrogen-bond acceptors (Lipinski definition) is 7. The molecule has 7 rings (SSSR count). The Bertz CT molecular complexity index is 1760. The molecular formula is C43H50N2O6. The average Bonchev–Trinajstić information content (AvgIpc) is 3.48. The van der Waals surface area contributed by atoms with Gasteiger partial charge in [-0.15, -0.1) is 0 Å².